The second-order valence-electron chi connectivity index (χ2n) is 7.98. The van der Waals surface area contributed by atoms with Crippen LogP contribution in [0.25, 0.3) is 0 Å². The molecule has 0 aliphatic heterocycles. The Labute approximate surface area is 197 Å². The summed E-state index contributed by atoms with van der Waals surface area (Å²) in [6.07, 6.45) is 1.79. The highest BCUT2D eigenvalue weighted by Gasteiger charge is 2.40. The molecular weight excluding hydrogens is 428 g/mol. The van der Waals surface area contributed by atoms with Crippen molar-refractivity contribution in [3.63, 3.8) is 0 Å². The molecule has 2 N–H and O–H groups in total. The Balaban J connectivity index is 1.85. The van der Waals surface area contributed by atoms with Crippen molar-refractivity contribution in [3.8, 4) is 5.75 Å². The van der Waals surface area contributed by atoms with Crippen molar-refractivity contribution in [1.29, 1.82) is 0 Å². The normalized spacial score (nSPS) is 12.5. The van der Waals surface area contributed by atoms with Gasteiger partial charge in [0, 0.05) is 23.9 Å². The van der Waals surface area contributed by atoms with Crippen molar-refractivity contribution in [3.05, 3.63) is 142 Å². The van der Waals surface area contributed by atoms with Crippen molar-refractivity contribution in [1.82, 2.24) is 0 Å². The van der Waals surface area contributed by atoms with Crippen LogP contribution in [-0.2, 0) is 12.0 Å². The zero-order valence-corrected chi connectivity index (χ0v) is 18.4. The summed E-state index contributed by atoms with van der Waals surface area (Å²) in [6, 6.07) is 31.4. The molecule has 6 heteroatoms. The van der Waals surface area contributed by atoms with E-state index in [2.05, 4.69) is 0 Å². The van der Waals surface area contributed by atoms with Crippen molar-refractivity contribution in [2.45, 2.75) is 18.1 Å². The van der Waals surface area contributed by atoms with E-state index in [0.29, 0.717) is 17.5 Å². The van der Waals surface area contributed by atoms with Gasteiger partial charge in [-0.15, -0.1) is 0 Å². The maximum absolute atomic E-state index is 12.3. The molecule has 0 spiro atoms. The van der Waals surface area contributed by atoms with Gasteiger partial charge in [0.2, 0.25) is 0 Å². The summed E-state index contributed by atoms with van der Waals surface area (Å²) in [5.74, 6) is -0.129. The topological polar surface area (TPSA) is 96.0 Å². The second kappa shape index (κ2) is 10.1. The molecule has 4 rings (SSSR count). The lowest BCUT2D eigenvalue weighted by Crippen LogP contribution is -2.41. The third-order valence-corrected chi connectivity index (χ3v) is 5.80. The molecule has 4 aromatic rings. The largest absolute Gasteiger partial charge is 0.507 e. The molecule has 0 heterocycles. The summed E-state index contributed by atoms with van der Waals surface area (Å²) >= 11 is 0. The Hall–Kier alpha value is -4.29. The average Bonchev–Trinajstić information content (AvgIpc) is 2.88. The lowest BCUT2D eigenvalue weighted by atomic mass is 9.78. The van der Waals surface area contributed by atoms with Crippen LogP contribution in [0.3, 0.4) is 0 Å². The van der Waals surface area contributed by atoms with E-state index in [1.54, 1.807) is 0 Å². The first kappa shape index (κ1) is 22.9. The minimum atomic E-state index is -1.49. The van der Waals surface area contributed by atoms with Crippen molar-refractivity contribution in [2.75, 3.05) is 0 Å². The predicted octanol–water partition coefficient (Wildman–Crippen LogP) is 5.27. The van der Waals surface area contributed by atoms with Gasteiger partial charge in [-0.1, -0.05) is 91.0 Å². The van der Waals surface area contributed by atoms with Gasteiger partial charge in [-0.2, -0.15) is 0 Å². The van der Waals surface area contributed by atoms with Gasteiger partial charge in [-0.3, -0.25) is 15.1 Å². The number of hydrogen-bond donors (Lipinski definition) is 2. The van der Waals surface area contributed by atoms with Gasteiger partial charge in [0.1, 0.15) is 11.4 Å². The number of phenols is 1. The van der Waals surface area contributed by atoms with Gasteiger partial charge in [0.25, 0.3) is 5.69 Å². The van der Waals surface area contributed by atoms with Crippen LogP contribution in [0.5, 0.6) is 5.75 Å². The molecule has 0 amide bonds. The fourth-order valence-corrected chi connectivity index (χ4v) is 4.01. The van der Waals surface area contributed by atoms with E-state index in [1.807, 2.05) is 91.0 Å². The number of nitro benzene ring substituents is 1. The van der Waals surface area contributed by atoms with Gasteiger partial charge >= 0.3 is 0 Å². The molecule has 6 nitrogen and oxygen atoms in total. The van der Waals surface area contributed by atoms with E-state index < -0.39 is 16.6 Å². The molecule has 34 heavy (non-hydrogen) atoms. The molecule has 170 valence electrons. The third-order valence-electron chi connectivity index (χ3n) is 5.80. The average molecular weight is 453 g/mol. The standard InChI is InChI=1S/C28H24N2O4/c31-26-17-16-25(30(33)34)19-22(26)20-29-27(18-21-10-4-1-5-11-21)28(32,23-12-6-2-7-13-23)24-14-8-3-9-15-24/h1-17,19-20,27,31-32H,18H2. The van der Waals surface area contributed by atoms with Crippen LogP contribution in [0.4, 0.5) is 5.69 Å². The Morgan fingerprint density at radius 1 is 0.853 bits per heavy atom. The quantitative estimate of drug-likeness (QED) is 0.216. The molecule has 0 fully saturated rings. The van der Waals surface area contributed by atoms with Crippen molar-refractivity contribution < 1.29 is 15.1 Å². The first-order valence-electron chi connectivity index (χ1n) is 10.9. The maximum Gasteiger partial charge on any atom is 0.270 e. The Kier molecular flexibility index (Phi) is 6.80. The number of nitro groups is 1. The highest BCUT2D eigenvalue weighted by atomic mass is 16.6. The molecule has 1 unspecified atom stereocenters. The van der Waals surface area contributed by atoms with Crippen molar-refractivity contribution in [2.24, 2.45) is 4.99 Å². The van der Waals surface area contributed by atoms with E-state index in [0.717, 1.165) is 5.56 Å². The Bertz CT molecular complexity index is 1240. The predicted molar refractivity (Wildman–Crippen MR) is 132 cm³/mol. The number of aromatic hydroxyl groups is 1. The molecular formula is C28H24N2O4. The molecule has 0 saturated carbocycles. The first-order chi connectivity index (χ1) is 16.5. The number of phenolic OH excluding ortho intramolecular Hbond substituents is 1. The van der Waals surface area contributed by atoms with Gasteiger partial charge in [0.15, 0.2) is 0 Å². The molecule has 0 aliphatic rings. The fraction of sp³-hybridized carbons (Fsp3) is 0.107. The molecule has 0 aliphatic carbocycles. The number of hydrogen-bond acceptors (Lipinski definition) is 5. The van der Waals surface area contributed by atoms with E-state index in [1.165, 1.54) is 24.4 Å². The van der Waals surface area contributed by atoms with Crippen molar-refractivity contribution >= 4 is 11.9 Å². The lowest BCUT2D eigenvalue weighted by Gasteiger charge is -2.35. The molecule has 4 aromatic carbocycles. The zero-order chi connectivity index (χ0) is 24.0. The molecule has 0 radical (unpaired) electrons. The number of aliphatic hydroxyl groups is 1. The van der Waals surface area contributed by atoms with Crippen LogP contribution in [0.15, 0.2) is 114 Å². The number of aliphatic imine (C=N–C) groups is 1. The zero-order valence-electron chi connectivity index (χ0n) is 18.4. The molecule has 0 aromatic heterocycles. The highest BCUT2D eigenvalue weighted by molar-refractivity contribution is 5.84. The summed E-state index contributed by atoms with van der Waals surface area (Å²) in [4.78, 5) is 15.4. The van der Waals surface area contributed by atoms with Crippen LogP contribution in [0.1, 0.15) is 22.3 Å². The number of non-ortho nitro benzene ring substituents is 1. The van der Waals surface area contributed by atoms with E-state index >= 15 is 0 Å². The minimum Gasteiger partial charge on any atom is -0.507 e. The summed E-state index contributed by atoms with van der Waals surface area (Å²) in [5, 5.41) is 33.8. The summed E-state index contributed by atoms with van der Waals surface area (Å²) in [6.45, 7) is 0. The second-order valence-corrected chi connectivity index (χ2v) is 7.98. The van der Waals surface area contributed by atoms with Gasteiger partial charge in [-0.25, -0.2) is 0 Å². The highest BCUT2D eigenvalue weighted by Crippen LogP contribution is 2.36. The summed E-state index contributed by atoms with van der Waals surface area (Å²) in [5.41, 5.74) is 0.866. The monoisotopic (exact) mass is 452 g/mol. The van der Waals surface area contributed by atoms with Crippen LogP contribution >= 0.6 is 0 Å². The van der Waals surface area contributed by atoms with Crippen LogP contribution in [-0.4, -0.2) is 27.4 Å². The molecule has 1 atom stereocenters. The van der Waals surface area contributed by atoms with E-state index in [9.17, 15) is 20.3 Å². The molecule has 0 bridgehead atoms. The van der Waals surface area contributed by atoms with Gasteiger partial charge < -0.3 is 10.2 Å². The van der Waals surface area contributed by atoms with E-state index in [4.69, 9.17) is 4.99 Å². The number of benzene rings is 4. The lowest BCUT2D eigenvalue weighted by molar-refractivity contribution is -0.384. The molecule has 0 saturated heterocycles. The Morgan fingerprint density at radius 3 is 1.91 bits per heavy atom. The summed E-state index contributed by atoms with van der Waals surface area (Å²) < 4.78 is 0. The van der Waals surface area contributed by atoms with Gasteiger partial charge in [-0.05, 0) is 29.2 Å². The number of nitrogens with zero attached hydrogens (tertiary/aromatic N) is 2. The first-order valence-corrected chi connectivity index (χ1v) is 10.9. The SMILES string of the molecule is O=[N+]([O-])c1ccc(O)c(C=NC(Cc2ccccc2)C(O)(c2ccccc2)c2ccccc2)c1. The minimum absolute atomic E-state index is 0.129. The van der Waals surface area contributed by atoms with Crippen LogP contribution in [0.2, 0.25) is 0 Å². The summed E-state index contributed by atoms with van der Waals surface area (Å²) in [7, 11) is 0. The fourth-order valence-electron chi connectivity index (χ4n) is 4.01. The van der Waals surface area contributed by atoms with E-state index in [-0.39, 0.29) is 17.0 Å². The third kappa shape index (κ3) is 4.87. The maximum atomic E-state index is 12.3. The van der Waals surface area contributed by atoms with Crippen LogP contribution < -0.4 is 0 Å². The number of rotatable bonds is 8. The van der Waals surface area contributed by atoms with Crippen LogP contribution in [0, 0.1) is 10.1 Å². The smallest absolute Gasteiger partial charge is 0.270 e. The van der Waals surface area contributed by atoms with Gasteiger partial charge in [0.05, 0.1) is 11.0 Å². The Morgan fingerprint density at radius 2 is 1.38 bits per heavy atom.